The number of primary amides is 1. The minimum atomic E-state index is -2.63. The molecule has 2 saturated carbocycles. The van der Waals surface area contributed by atoms with Gasteiger partial charge in [0.1, 0.15) is 22.8 Å². The van der Waals surface area contributed by atoms with Crippen LogP contribution in [0, 0.1) is 17.3 Å². The summed E-state index contributed by atoms with van der Waals surface area (Å²) in [7, 11) is 1.72. The molecule has 1 amide bonds. The van der Waals surface area contributed by atoms with Crippen molar-refractivity contribution in [2.75, 3.05) is 20.3 Å². The molecule has 5 aliphatic rings. The van der Waals surface area contributed by atoms with Crippen molar-refractivity contribution in [2.24, 2.45) is 23.0 Å². The number of ether oxygens (including phenoxy) is 1. The molecule has 1 aromatic carbocycles. The molecule has 0 bridgehead atoms. The molecule has 3 fully saturated rings. The van der Waals surface area contributed by atoms with E-state index in [4.69, 9.17) is 10.5 Å². The number of nitrogens with zero attached hydrogens (tertiary/aromatic N) is 1. The van der Waals surface area contributed by atoms with E-state index in [0.29, 0.717) is 25.2 Å². The first kappa shape index (κ1) is 23.2. The lowest BCUT2D eigenvalue weighted by Gasteiger charge is -2.58. The number of ketones is 2. The van der Waals surface area contributed by atoms with Gasteiger partial charge in [-0.1, -0.05) is 12.1 Å². The Labute approximate surface area is 206 Å². The van der Waals surface area contributed by atoms with E-state index >= 15 is 0 Å². The summed E-state index contributed by atoms with van der Waals surface area (Å²) < 4.78 is 5.34. The number of fused-ring (bicyclic) bond motifs is 3. The molecule has 190 valence electrons. The van der Waals surface area contributed by atoms with Gasteiger partial charge in [0.15, 0.2) is 11.4 Å². The van der Waals surface area contributed by atoms with Gasteiger partial charge < -0.3 is 30.9 Å². The number of hydrogen-bond acceptors (Lipinski definition) is 9. The molecule has 1 aliphatic heterocycles. The van der Waals surface area contributed by atoms with Crippen molar-refractivity contribution in [3.05, 3.63) is 46.2 Å². The van der Waals surface area contributed by atoms with E-state index in [-0.39, 0.29) is 34.8 Å². The lowest BCUT2D eigenvalue weighted by Crippen LogP contribution is -2.69. The van der Waals surface area contributed by atoms with Crippen LogP contribution in [-0.2, 0) is 25.5 Å². The number of carbonyl (C=O) groups is 3. The highest BCUT2D eigenvalue weighted by Crippen LogP contribution is 2.55. The van der Waals surface area contributed by atoms with Crippen LogP contribution in [-0.4, -0.2) is 80.7 Å². The van der Waals surface area contributed by atoms with Gasteiger partial charge >= 0.3 is 0 Å². The van der Waals surface area contributed by atoms with E-state index in [1.807, 2.05) is 0 Å². The molecule has 4 atom stereocenters. The third-order valence-electron chi connectivity index (χ3n) is 9.07. The second-order valence-electron chi connectivity index (χ2n) is 11.0. The Balaban J connectivity index is 1.47. The van der Waals surface area contributed by atoms with Crippen molar-refractivity contribution in [1.29, 1.82) is 0 Å². The van der Waals surface area contributed by atoms with Crippen molar-refractivity contribution in [3.63, 3.8) is 0 Å². The summed E-state index contributed by atoms with van der Waals surface area (Å²) in [5.41, 5.74) is 2.70. The number of nitrogens with two attached hydrogens (primary N) is 1. The van der Waals surface area contributed by atoms with E-state index < -0.39 is 58.0 Å². The summed E-state index contributed by atoms with van der Waals surface area (Å²) in [4.78, 5) is 41.5. The van der Waals surface area contributed by atoms with Gasteiger partial charge in [0, 0.05) is 22.9 Å². The van der Waals surface area contributed by atoms with Crippen molar-refractivity contribution in [2.45, 2.75) is 43.4 Å². The number of aromatic hydroxyl groups is 1. The predicted molar refractivity (Wildman–Crippen MR) is 125 cm³/mol. The number of likely N-dealkylation sites (N-methyl/N-ethyl adjacent to an activating group) is 1. The molecule has 6 N–H and O–H groups in total. The summed E-state index contributed by atoms with van der Waals surface area (Å²) in [6, 6.07) is 3.64. The van der Waals surface area contributed by atoms with Crippen LogP contribution in [0.5, 0.6) is 5.75 Å². The van der Waals surface area contributed by atoms with Gasteiger partial charge in [-0.15, -0.1) is 0 Å². The van der Waals surface area contributed by atoms with Gasteiger partial charge in [-0.2, -0.15) is 0 Å². The third kappa shape index (κ3) is 2.80. The zero-order valence-corrected chi connectivity index (χ0v) is 19.7. The summed E-state index contributed by atoms with van der Waals surface area (Å²) >= 11 is 0. The Hall–Kier alpha value is -3.21. The first-order chi connectivity index (χ1) is 17.0. The van der Waals surface area contributed by atoms with Crippen LogP contribution >= 0.6 is 0 Å². The van der Waals surface area contributed by atoms with Crippen LogP contribution in [0.15, 0.2) is 35.1 Å². The molecular formula is C26H28N2O8. The highest BCUT2D eigenvalue weighted by molar-refractivity contribution is 6.24. The van der Waals surface area contributed by atoms with E-state index in [1.54, 1.807) is 24.1 Å². The molecule has 6 rings (SSSR count). The van der Waals surface area contributed by atoms with Crippen molar-refractivity contribution in [1.82, 2.24) is 4.90 Å². The molecule has 1 spiro atoms. The van der Waals surface area contributed by atoms with Crippen molar-refractivity contribution in [3.8, 4) is 5.75 Å². The Morgan fingerprint density at radius 1 is 1.17 bits per heavy atom. The van der Waals surface area contributed by atoms with Gasteiger partial charge in [-0.25, -0.2) is 0 Å². The normalized spacial score (nSPS) is 33.1. The van der Waals surface area contributed by atoms with E-state index in [1.165, 1.54) is 6.07 Å². The number of phenolic OH excluding ortho intramolecular Hbond substituents is 1. The van der Waals surface area contributed by atoms with Gasteiger partial charge in [0.05, 0.1) is 24.8 Å². The number of aliphatic hydroxyl groups excluding tert-OH is 2. The van der Waals surface area contributed by atoms with Crippen LogP contribution in [0.2, 0.25) is 0 Å². The molecule has 1 saturated heterocycles. The number of hydrogen-bond donors (Lipinski definition) is 5. The number of benzene rings is 1. The van der Waals surface area contributed by atoms with Gasteiger partial charge in [-0.3, -0.25) is 19.3 Å². The Morgan fingerprint density at radius 3 is 2.47 bits per heavy atom. The summed E-state index contributed by atoms with van der Waals surface area (Å²) in [6.07, 6.45) is 1.93. The van der Waals surface area contributed by atoms with Crippen molar-refractivity contribution < 1.29 is 39.5 Å². The zero-order chi connectivity index (χ0) is 25.7. The molecule has 0 radical (unpaired) electrons. The molecule has 0 aromatic heterocycles. The largest absolute Gasteiger partial charge is 0.508 e. The molecule has 36 heavy (non-hydrogen) atoms. The molecule has 1 heterocycles. The van der Waals surface area contributed by atoms with Crippen LogP contribution in [0.25, 0.3) is 5.76 Å². The minimum absolute atomic E-state index is 0.0362. The maximum Gasteiger partial charge on any atom is 0.255 e. The molecule has 10 nitrogen and oxygen atoms in total. The molecule has 4 aliphatic carbocycles. The summed E-state index contributed by atoms with van der Waals surface area (Å²) in [6.45, 7) is 1.30. The van der Waals surface area contributed by atoms with Gasteiger partial charge in [-0.05, 0) is 50.3 Å². The number of Topliss-reactive ketones (excluding diaryl/α,β-unsaturated/α-hetero) is 2. The van der Waals surface area contributed by atoms with Gasteiger partial charge in [0.2, 0.25) is 5.78 Å². The number of carbonyl (C=O) groups excluding carboxylic acids is 3. The van der Waals surface area contributed by atoms with Crippen LogP contribution in [0.1, 0.15) is 30.4 Å². The predicted octanol–water partition coefficient (Wildman–Crippen LogP) is 0.513. The smallest absolute Gasteiger partial charge is 0.255 e. The van der Waals surface area contributed by atoms with Crippen molar-refractivity contribution >= 4 is 23.2 Å². The van der Waals surface area contributed by atoms with E-state index in [9.17, 15) is 34.8 Å². The summed E-state index contributed by atoms with van der Waals surface area (Å²) in [5, 5.41) is 44.2. The summed E-state index contributed by atoms with van der Waals surface area (Å²) in [5.74, 6) is -6.34. The van der Waals surface area contributed by atoms with Crippen LogP contribution < -0.4 is 5.73 Å². The Kier molecular flexibility index (Phi) is 4.77. The number of amides is 1. The standard InChI is InChI=1S/C26H28N2O8/c1-28(13-7-25(8-13)9-36-10-25)19-14-6-12-5-11-3-2-4-15(29)16(11)20(30)17(12)22(32)26(14,35)23(33)18(21(19)31)24(27)34/h2-4,12-14,19,29-30,33,35H,5-10H2,1H3,(H2,27,34)/t12-,14-,19+,26-/m0/s1. The molecular weight excluding hydrogens is 468 g/mol. The molecule has 10 heteroatoms. The van der Waals surface area contributed by atoms with Crippen LogP contribution in [0.3, 0.4) is 0 Å². The van der Waals surface area contributed by atoms with E-state index in [0.717, 1.165) is 12.8 Å². The lowest BCUT2D eigenvalue weighted by atomic mass is 9.56. The molecule has 1 aromatic rings. The monoisotopic (exact) mass is 496 g/mol. The highest BCUT2D eigenvalue weighted by atomic mass is 16.5. The number of aliphatic hydroxyl groups is 3. The van der Waals surface area contributed by atoms with Gasteiger partial charge in [0.25, 0.3) is 5.91 Å². The highest BCUT2D eigenvalue weighted by Gasteiger charge is 2.65. The fourth-order valence-electron chi connectivity index (χ4n) is 7.14. The molecule has 0 unspecified atom stereocenters. The maximum absolute atomic E-state index is 13.9. The first-order valence-corrected chi connectivity index (χ1v) is 12.1. The third-order valence-corrected chi connectivity index (χ3v) is 9.07. The number of phenols is 1. The average molecular weight is 497 g/mol. The second kappa shape index (κ2) is 7.41. The topological polar surface area (TPSA) is 171 Å². The first-order valence-electron chi connectivity index (χ1n) is 12.1. The van der Waals surface area contributed by atoms with E-state index in [2.05, 4.69) is 0 Å². The second-order valence-corrected chi connectivity index (χ2v) is 11.0. The van der Waals surface area contributed by atoms with Crippen LogP contribution in [0.4, 0.5) is 0 Å². The number of rotatable bonds is 3. The average Bonchev–Trinajstić information content (AvgIpc) is 2.74. The Morgan fingerprint density at radius 2 is 1.86 bits per heavy atom. The fourth-order valence-corrected chi connectivity index (χ4v) is 7.14. The quantitative estimate of drug-likeness (QED) is 0.374. The Bertz CT molecular complexity index is 1290. The fraction of sp³-hybridized carbons (Fsp3) is 0.500. The maximum atomic E-state index is 13.9. The zero-order valence-electron chi connectivity index (χ0n) is 19.7. The SMILES string of the molecule is CN(C1CC2(COC2)C1)[C@H]1C(=O)C(C(N)=O)=C(O)[C@@]2(O)C(=O)C3=C(O)c4c(O)cccc4C[C@H]3C[C@@H]12. The lowest BCUT2D eigenvalue weighted by molar-refractivity contribution is -0.193. The minimum Gasteiger partial charge on any atom is -0.508 e.